The number of aliphatic imine (C=N–C) groups is 1. The minimum atomic E-state index is 0.262. The molecule has 16 heavy (non-hydrogen) atoms. The van der Waals surface area contributed by atoms with Crippen molar-refractivity contribution in [2.45, 2.75) is 13.8 Å². The molecule has 0 spiro atoms. The van der Waals surface area contributed by atoms with Gasteiger partial charge in [0.2, 0.25) is 0 Å². The Bertz CT molecular complexity index is 342. The first kappa shape index (κ1) is 12.8. The van der Waals surface area contributed by atoms with Crippen molar-refractivity contribution in [3.8, 4) is 0 Å². The van der Waals surface area contributed by atoms with Crippen LogP contribution in [0.25, 0.3) is 0 Å². The van der Waals surface area contributed by atoms with Crippen LogP contribution < -0.4 is 10.6 Å². The molecule has 2 N–H and O–H groups in total. The standard InChI is InChI=1S/C12H18ClN3/c1-3-16(4-2)11-7-5-10(6-8-11)15-12(14)9-13/h5-8H,3-4,9H2,1-2H3,(H2,14,15). The van der Waals surface area contributed by atoms with Crippen molar-refractivity contribution in [3.63, 3.8) is 0 Å². The highest BCUT2D eigenvalue weighted by Crippen LogP contribution is 2.19. The second kappa shape index (κ2) is 6.38. The molecular weight excluding hydrogens is 222 g/mol. The van der Waals surface area contributed by atoms with Crippen molar-refractivity contribution >= 4 is 28.8 Å². The maximum atomic E-state index is 5.56. The summed E-state index contributed by atoms with van der Waals surface area (Å²) in [4.78, 5) is 6.45. The average molecular weight is 240 g/mol. The van der Waals surface area contributed by atoms with Crippen molar-refractivity contribution in [1.82, 2.24) is 0 Å². The van der Waals surface area contributed by atoms with Gasteiger partial charge in [-0.25, -0.2) is 4.99 Å². The molecule has 0 atom stereocenters. The summed E-state index contributed by atoms with van der Waals surface area (Å²) >= 11 is 5.56. The van der Waals surface area contributed by atoms with Crippen LogP contribution in [0.5, 0.6) is 0 Å². The summed E-state index contributed by atoms with van der Waals surface area (Å²) in [6.45, 7) is 6.29. The minimum Gasteiger partial charge on any atom is -0.386 e. The van der Waals surface area contributed by atoms with E-state index in [1.807, 2.05) is 24.3 Å². The lowest BCUT2D eigenvalue weighted by Gasteiger charge is -2.20. The minimum absolute atomic E-state index is 0.262. The highest BCUT2D eigenvalue weighted by atomic mass is 35.5. The van der Waals surface area contributed by atoms with E-state index >= 15 is 0 Å². The molecule has 0 fully saturated rings. The van der Waals surface area contributed by atoms with Gasteiger partial charge >= 0.3 is 0 Å². The lowest BCUT2D eigenvalue weighted by Crippen LogP contribution is -2.21. The van der Waals surface area contributed by atoms with Gasteiger partial charge in [0.05, 0.1) is 11.6 Å². The van der Waals surface area contributed by atoms with Gasteiger partial charge in [-0.1, -0.05) is 0 Å². The summed E-state index contributed by atoms with van der Waals surface area (Å²) < 4.78 is 0. The lowest BCUT2D eigenvalue weighted by atomic mass is 10.2. The maximum Gasteiger partial charge on any atom is 0.115 e. The number of hydrogen-bond donors (Lipinski definition) is 1. The van der Waals surface area contributed by atoms with Gasteiger partial charge in [0.1, 0.15) is 5.84 Å². The van der Waals surface area contributed by atoms with E-state index in [4.69, 9.17) is 17.3 Å². The van der Waals surface area contributed by atoms with Crippen LogP contribution in [0, 0.1) is 0 Å². The van der Waals surface area contributed by atoms with Gasteiger partial charge in [0.15, 0.2) is 0 Å². The summed E-state index contributed by atoms with van der Waals surface area (Å²) in [7, 11) is 0. The van der Waals surface area contributed by atoms with E-state index in [0.29, 0.717) is 5.84 Å². The number of halogens is 1. The fourth-order valence-corrected chi connectivity index (χ4v) is 1.58. The normalized spacial score (nSPS) is 11.6. The van der Waals surface area contributed by atoms with Crippen molar-refractivity contribution in [1.29, 1.82) is 0 Å². The molecular formula is C12H18ClN3. The molecule has 1 aromatic rings. The zero-order valence-electron chi connectivity index (χ0n) is 9.78. The van der Waals surface area contributed by atoms with E-state index in [1.165, 1.54) is 5.69 Å². The number of benzene rings is 1. The Balaban J connectivity index is 2.82. The Morgan fingerprint density at radius 2 is 1.81 bits per heavy atom. The van der Waals surface area contributed by atoms with E-state index in [2.05, 4.69) is 23.7 Å². The van der Waals surface area contributed by atoms with Crippen LogP contribution in [0.4, 0.5) is 11.4 Å². The highest BCUT2D eigenvalue weighted by molar-refractivity contribution is 6.28. The van der Waals surface area contributed by atoms with E-state index in [1.54, 1.807) is 0 Å². The molecule has 1 rings (SSSR count). The molecule has 0 saturated heterocycles. The fourth-order valence-electron chi connectivity index (χ4n) is 1.52. The molecule has 0 aliphatic heterocycles. The molecule has 0 saturated carbocycles. The van der Waals surface area contributed by atoms with Crippen molar-refractivity contribution in [3.05, 3.63) is 24.3 Å². The van der Waals surface area contributed by atoms with Crippen LogP contribution in [-0.4, -0.2) is 24.8 Å². The van der Waals surface area contributed by atoms with Crippen molar-refractivity contribution in [2.24, 2.45) is 10.7 Å². The van der Waals surface area contributed by atoms with Gasteiger partial charge < -0.3 is 10.6 Å². The zero-order chi connectivity index (χ0) is 12.0. The molecule has 0 heterocycles. The van der Waals surface area contributed by atoms with Gasteiger partial charge in [0.25, 0.3) is 0 Å². The van der Waals surface area contributed by atoms with Gasteiger partial charge in [-0.3, -0.25) is 0 Å². The molecule has 0 unspecified atom stereocenters. The van der Waals surface area contributed by atoms with E-state index < -0.39 is 0 Å². The number of nitrogens with two attached hydrogens (primary N) is 1. The number of anilines is 1. The molecule has 3 nitrogen and oxygen atoms in total. The predicted octanol–water partition coefficient (Wildman–Crippen LogP) is 2.76. The second-order valence-electron chi connectivity index (χ2n) is 3.43. The van der Waals surface area contributed by atoms with Crippen LogP contribution in [-0.2, 0) is 0 Å². The van der Waals surface area contributed by atoms with Crippen molar-refractivity contribution in [2.75, 3.05) is 23.9 Å². The van der Waals surface area contributed by atoms with Crippen LogP contribution in [0.1, 0.15) is 13.8 Å². The first-order chi connectivity index (χ1) is 7.71. The van der Waals surface area contributed by atoms with Crippen LogP contribution >= 0.6 is 11.6 Å². The molecule has 0 aliphatic carbocycles. The number of hydrogen-bond acceptors (Lipinski definition) is 2. The summed E-state index contributed by atoms with van der Waals surface area (Å²) in [5, 5.41) is 0. The lowest BCUT2D eigenvalue weighted by molar-refractivity contribution is 0.866. The molecule has 0 bridgehead atoms. The Morgan fingerprint density at radius 1 is 1.25 bits per heavy atom. The SMILES string of the molecule is CCN(CC)c1ccc(N=C(N)CCl)cc1. The van der Waals surface area contributed by atoms with Gasteiger partial charge in [-0.05, 0) is 38.1 Å². The summed E-state index contributed by atoms with van der Waals surface area (Å²) in [5.41, 5.74) is 7.61. The molecule has 4 heteroatoms. The summed E-state index contributed by atoms with van der Waals surface area (Å²) in [5.74, 6) is 0.704. The van der Waals surface area contributed by atoms with Crippen molar-refractivity contribution < 1.29 is 0 Å². The first-order valence-corrected chi connectivity index (χ1v) is 5.98. The zero-order valence-corrected chi connectivity index (χ0v) is 10.5. The predicted molar refractivity (Wildman–Crippen MR) is 72.0 cm³/mol. The van der Waals surface area contributed by atoms with Crippen LogP contribution in [0.3, 0.4) is 0 Å². The van der Waals surface area contributed by atoms with E-state index in [9.17, 15) is 0 Å². The average Bonchev–Trinajstić information content (AvgIpc) is 2.32. The third-order valence-corrected chi connectivity index (χ3v) is 2.66. The molecule has 0 amide bonds. The smallest absolute Gasteiger partial charge is 0.115 e. The Hall–Kier alpha value is -1.22. The molecule has 0 aliphatic rings. The Labute approximate surface area is 102 Å². The second-order valence-corrected chi connectivity index (χ2v) is 3.69. The number of nitrogens with zero attached hydrogens (tertiary/aromatic N) is 2. The quantitative estimate of drug-likeness (QED) is 0.488. The molecule has 88 valence electrons. The van der Waals surface area contributed by atoms with Gasteiger partial charge in [0, 0.05) is 18.8 Å². The molecule has 1 aromatic carbocycles. The third-order valence-electron chi connectivity index (χ3n) is 2.39. The van der Waals surface area contributed by atoms with Gasteiger partial charge in [-0.2, -0.15) is 0 Å². The van der Waals surface area contributed by atoms with Gasteiger partial charge in [-0.15, -0.1) is 11.6 Å². The maximum absolute atomic E-state index is 5.56. The highest BCUT2D eigenvalue weighted by Gasteiger charge is 2.00. The Kier molecular flexibility index (Phi) is 5.12. The largest absolute Gasteiger partial charge is 0.386 e. The summed E-state index contributed by atoms with van der Waals surface area (Å²) in [6, 6.07) is 8.00. The number of rotatable bonds is 5. The third kappa shape index (κ3) is 3.42. The molecule has 0 radical (unpaired) electrons. The topological polar surface area (TPSA) is 41.6 Å². The summed E-state index contributed by atoms with van der Waals surface area (Å²) in [6.07, 6.45) is 0. The van der Waals surface area contributed by atoms with Crippen LogP contribution in [0.15, 0.2) is 29.3 Å². The van der Waals surface area contributed by atoms with Crippen LogP contribution in [0.2, 0.25) is 0 Å². The Morgan fingerprint density at radius 3 is 2.25 bits per heavy atom. The van der Waals surface area contributed by atoms with E-state index in [-0.39, 0.29) is 5.88 Å². The number of amidine groups is 1. The monoisotopic (exact) mass is 239 g/mol. The molecule has 0 aromatic heterocycles. The fraction of sp³-hybridized carbons (Fsp3) is 0.417. The number of alkyl halides is 1. The first-order valence-electron chi connectivity index (χ1n) is 5.45. The van der Waals surface area contributed by atoms with E-state index in [0.717, 1.165) is 18.8 Å².